The van der Waals surface area contributed by atoms with Gasteiger partial charge in [0.1, 0.15) is 0 Å². The van der Waals surface area contributed by atoms with Gasteiger partial charge in [0.15, 0.2) is 0 Å². The van der Waals surface area contributed by atoms with Crippen molar-refractivity contribution in [3.8, 4) is 0 Å². The Morgan fingerprint density at radius 3 is 2.82 bits per heavy atom. The number of para-hydroxylation sites is 1. The Labute approximate surface area is 136 Å². The topological polar surface area (TPSA) is 42.0 Å². The summed E-state index contributed by atoms with van der Waals surface area (Å²) < 4.78 is 1.26. The molecule has 3 nitrogen and oxygen atoms in total. The second kappa shape index (κ2) is 7.73. The monoisotopic (exact) mass is 316 g/mol. The Morgan fingerprint density at radius 2 is 2.00 bits per heavy atom. The van der Waals surface area contributed by atoms with Crippen molar-refractivity contribution in [1.82, 2.24) is 10.3 Å². The van der Waals surface area contributed by atoms with E-state index in [1.807, 2.05) is 6.07 Å². The van der Waals surface area contributed by atoms with E-state index in [4.69, 9.17) is 0 Å². The number of fused-ring (bicyclic) bond motifs is 1. The standard InChI is InChI=1S/C18H24N2OS/c21-17(19-14-8-2-1-3-9-14)12-6-7-13-18-20-15-10-4-5-11-16(15)22-18/h4-5,10-11,14H,1-3,6-9,12-13H2,(H,19,21). The highest BCUT2D eigenvalue weighted by molar-refractivity contribution is 7.18. The van der Waals surface area contributed by atoms with Crippen molar-refractivity contribution in [3.63, 3.8) is 0 Å². The van der Waals surface area contributed by atoms with Crippen molar-refractivity contribution in [2.45, 2.75) is 63.8 Å². The number of aryl methyl sites for hydroxylation is 1. The minimum absolute atomic E-state index is 0.233. The van der Waals surface area contributed by atoms with Gasteiger partial charge < -0.3 is 5.32 Å². The van der Waals surface area contributed by atoms with Crippen molar-refractivity contribution in [3.05, 3.63) is 29.3 Å². The van der Waals surface area contributed by atoms with Gasteiger partial charge >= 0.3 is 0 Å². The van der Waals surface area contributed by atoms with Gasteiger partial charge in [0.05, 0.1) is 15.2 Å². The molecule has 22 heavy (non-hydrogen) atoms. The van der Waals surface area contributed by atoms with Gasteiger partial charge in [-0.05, 0) is 44.2 Å². The largest absolute Gasteiger partial charge is 0.353 e. The molecule has 1 N–H and O–H groups in total. The van der Waals surface area contributed by atoms with Crippen molar-refractivity contribution in [2.24, 2.45) is 0 Å². The van der Waals surface area contributed by atoms with E-state index in [9.17, 15) is 4.79 Å². The lowest BCUT2D eigenvalue weighted by Crippen LogP contribution is -2.35. The number of carbonyl (C=O) groups is 1. The maximum absolute atomic E-state index is 11.9. The molecule has 0 saturated heterocycles. The van der Waals surface area contributed by atoms with E-state index in [0.29, 0.717) is 12.5 Å². The van der Waals surface area contributed by atoms with E-state index < -0.39 is 0 Å². The molecule has 0 bridgehead atoms. The Kier molecular flexibility index (Phi) is 5.43. The van der Waals surface area contributed by atoms with Crippen LogP contribution in [0.3, 0.4) is 0 Å². The van der Waals surface area contributed by atoms with Crippen LogP contribution in [0.15, 0.2) is 24.3 Å². The molecular weight excluding hydrogens is 292 g/mol. The lowest BCUT2D eigenvalue weighted by molar-refractivity contribution is -0.122. The molecule has 1 aliphatic rings. The van der Waals surface area contributed by atoms with Gasteiger partial charge in [0.2, 0.25) is 5.91 Å². The molecule has 0 atom stereocenters. The van der Waals surface area contributed by atoms with E-state index in [2.05, 4.69) is 28.5 Å². The summed E-state index contributed by atoms with van der Waals surface area (Å²) in [5.74, 6) is 0.233. The van der Waals surface area contributed by atoms with Gasteiger partial charge in [0.25, 0.3) is 0 Å². The number of amides is 1. The molecule has 1 fully saturated rings. The minimum atomic E-state index is 0.233. The van der Waals surface area contributed by atoms with Crippen LogP contribution < -0.4 is 5.32 Å². The Bertz CT molecular complexity index is 583. The molecule has 1 heterocycles. The molecule has 1 amide bonds. The third-order valence-corrected chi connectivity index (χ3v) is 5.45. The van der Waals surface area contributed by atoms with E-state index >= 15 is 0 Å². The van der Waals surface area contributed by atoms with Crippen LogP contribution in [0.4, 0.5) is 0 Å². The zero-order valence-electron chi connectivity index (χ0n) is 13.0. The number of nitrogens with one attached hydrogen (secondary N) is 1. The quantitative estimate of drug-likeness (QED) is 0.800. The third-order valence-electron chi connectivity index (χ3n) is 4.35. The first-order valence-electron chi connectivity index (χ1n) is 8.45. The highest BCUT2D eigenvalue weighted by Gasteiger charge is 2.15. The molecular formula is C18H24N2OS. The summed E-state index contributed by atoms with van der Waals surface area (Å²) in [4.78, 5) is 16.6. The molecule has 0 spiro atoms. The number of carbonyl (C=O) groups excluding carboxylic acids is 1. The molecule has 0 radical (unpaired) electrons. The van der Waals surface area contributed by atoms with Crippen molar-refractivity contribution < 1.29 is 4.79 Å². The predicted octanol–water partition coefficient (Wildman–Crippen LogP) is 4.46. The molecule has 118 valence electrons. The lowest BCUT2D eigenvalue weighted by atomic mass is 9.95. The first-order chi connectivity index (χ1) is 10.8. The van der Waals surface area contributed by atoms with Crippen LogP contribution in [0, 0.1) is 0 Å². The van der Waals surface area contributed by atoms with E-state index in [1.165, 1.54) is 29.0 Å². The molecule has 1 saturated carbocycles. The van der Waals surface area contributed by atoms with Crippen LogP contribution >= 0.6 is 11.3 Å². The summed E-state index contributed by atoms with van der Waals surface area (Å²) in [6.45, 7) is 0. The van der Waals surface area contributed by atoms with Gasteiger partial charge in [-0.25, -0.2) is 4.98 Å². The second-order valence-corrected chi connectivity index (χ2v) is 7.30. The smallest absolute Gasteiger partial charge is 0.220 e. The van der Waals surface area contributed by atoms with Crippen LogP contribution in [0.5, 0.6) is 0 Å². The fraction of sp³-hybridized carbons (Fsp3) is 0.556. The molecule has 0 unspecified atom stereocenters. The molecule has 4 heteroatoms. The first-order valence-corrected chi connectivity index (χ1v) is 9.27. The number of hydrogen-bond donors (Lipinski definition) is 1. The summed E-state index contributed by atoms with van der Waals surface area (Å²) in [5, 5.41) is 4.38. The number of hydrogen-bond acceptors (Lipinski definition) is 3. The number of nitrogens with zero attached hydrogens (tertiary/aromatic N) is 1. The second-order valence-electron chi connectivity index (χ2n) is 6.18. The third kappa shape index (κ3) is 4.29. The first kappa shape index (κ1) is 15.5. The average molecular weight is 316 g/mol. The number of thiazole rings is 1. The van der Waals surface area contributed by atoms with Crippen LogP contribution in [0.25, 0.3) is 10.2 Å². The number of unbranched alkanes of at least 4 members (excludes halogenated alkanes) is 1. The van der Waals surface area contributed by atoms with Crippen LogP contribution in [-0.2, 0) is 11.2 Å². The zero-order valence-corrected chi connectivity index (χ0v) is 13.8. The highest BCUT2D eigenvalue weighted by atomic mass is 32.1. The predicted molar refractivity (Wildman–Crippen MR) is 92.2 cm³/mol. The molecule has 1 aromatic heterocycles. The summed E-state index contributed by atoms with van der Waals surface area (Å²) in [7, 11) is 0. The molecule has 3 rings (SSSR count). The van der Waals surface area contributed by atoms with E-state index in [0.717, 1.165) is 37.6 Å². The van der Waals surface area contributed by atoms with Gasteiger partial charge in [-0.2, -0.15) is 0 Å². The van der Waals surface area contributed by atoms with E-state index in [1.54, 1.807) is 11.3 Å². The highest BCUT2D eigenvalue weighted by Crippen LogP contribution is 2.23. The van der Waals surface area contributed by atoms with Crippen LogP contribution in [0.1, 0.15) is 56.4 Å². The molecule has 1 aromatic carbocycles. The maximum Gasteiger partial charge on any atom is 0.220 e. The van der Waals surface area contributed by atoms with Crippen molar-refractivity contribution in [2.75, 3.05) is 0 Å². The summed E-state index contributed by atoms with van der Waals surface area (Å²) >= 11 is 1.77. The number of benzene rings is 1. The minimum Gasteiger partial charge on any atom is -0.353 e. The fourth-order valence-electron chi connectivity index (χ4n) is 3.14. The molecule has 0 aliphatic heterocycles. The van der Waals surface area contributed by atoms with Gasteiger partial charge in [-0.3, -0.25) is 4.79 Å². The van der Waals surface area contributed by atoms with Crippen molar-refractivity contribution in [1.29, 1.82) is 0 Å². The molecule has 2 aromatic rings. The summed E-state index contributed by atoms with van der Waals surface area (Å²) in [6, 6.07) is 8.70. The zero-order chi connectivity index (χ0) is 15.2. The summed E-state index contributed by atoms with van der Waals surface area (Å²) in [5.41, 5.74) is 1.09. The number of rotatable bonds is 6. The van der Waals surface area contributed by atoms with Gasteiger partial charge in [-0.15, -0.1) is 11.3 Å². The van der Waals surface area contributed by atoms with E-state index in [-0.39, 0.29) is 5.91 Å². The Balaban J connectivity index is 1.36. The van der Waals surface area contributed by atoms with Gasteiger partial charge in [-0.1, -0.05) is 31.4 Å². The SMILES string of the molecule is O=C(CCCCc1nc2ccccc2s1)NC1CCCCC1. The van der Waals surface area contributed by atoms with Crippen LogP contribution in [0.2, 0.25) is 0 Å². The van der Waals surface area contributed by atoms with Crippen molar-refractivity contribution >= 4 is 27.5 Å². The Morgan fingerprint density at radius 1 is 1.18 bits per heavy atom. The van der Waals surface area contributed by atoms with Gasteiger partial charge in [0, 0.05) is 12.5 Å². The lowest BCUT2D eigenvalue weighted by Gasteiger charge is -2.22. The van der Waals surface area contributed by atoms with Crippen LogP contribution in [-0.4, -0.2) is 16.9 Å². The fourth-order valence-corrected chi connectivity index (χ4v) is 4.14. The normalized spacial score (nSPS) is 16.0. The maximum atomic E-state index is 11.9. The summed E-state index contributed by atoms with van der Waals surface area (Å²) in [6.07, 6.45) is 9.82. The Hall–Kier alpha value is -1.42. The number of aromatic nitrogens is 1. The average Bonchev–Trinajstić information content (AvgIpc) is 2.95. The molecule has 1 aliphatic carbocycles.